The number of hydrogen-bond acceptors (Lipinski definition) is 4. The average molecular weight is 294 g/mol. The van der Waals surface area contributed by atoms with Crippen molar-refractivity contribution in [3.63, 3.8) is 0 Å². The monoisotopic (exact) mass is 294 g/mol. The third kappa shape index (κ3) is 2.58. The lowest BCUT2D eigenvalue weighted by Crippen LogP contribution is -2.34. The first-order chi connectivity index (χ1) is 10.1. The molecule has 0 aliphatic heterocycles. The van der Waals surface area contributed by atoms with Crippen LogP contribution in [0.15, 0.2) is 12.1 Å². The first-order valence-corrected chi connectivity index (χ1v) is 7.07. The van der Waals surface area contributed by atoms with Crippen LogP contribution in [-0.2, 0) is 21.6 Å². The van der Waals surface area contributed by atoms with Crippen molar-refractivity contribution in [2.45, 2.75) is 37.7 Å². The van der Waals surface area contributed by atoms with E-state index < -0.39 is 11.4 Å². The molecule has 5 nitrogen and oxygen atoms in total. The van der Waals surface area contributed by atoms with E-state index in [-0.39, 0.29) is 0 Å². The smallest absolute Gasteiger partial charge is 0.314 e. The highest BCUT2D eigenvalue weighted by Gasteiger charge is 2.45. The van der Waals surface area contributed by atoms with Gasteiger partial charge in [0.15, 0.2) is 11.5 Å². The number of hydrogen-bond donors (Lipinski definition) is 1. The van der Waals surface area contributed by atoms with Gasteiger partial charge >= 0.3 is 5.97 Å². The lowest BCUT2D eigenvalue weighted by molar-refractivity contribution is -0.143. The van der Waals surface area contributed by atoms with Gasteiger partial charge in [0.05, 0.1) is 26.2 Å². The summed E-state index contributed by atoms with van der Waals surface area (Å²) >= 11 is 0. The van der Waals surface area contributed by atoms with Gasteiger partial charge in [-0.3, -0.25) is 4.79 Å². The summed E-state index contributed by atoms with van der Waals surface area (Å²) in [6, 6.07) is 3.62. The Hall–Kier alpha value is -1.75. The van der Waals surface area contributed by atoms with E-state index in [1.165, 1.54) is 0 Å². The topological polar surface area (TPSA) is 65.0 Å². The van der Waals surface area contributed by atoms with Gasteiger partial charge in [0, 0.05) is 12.7 Å². The Balaban J connectivity index is 2.64. The molecule has 1 saturated carbocycles. The van der Waals surface area contributed by atoms with E-state index >= 15 is 0 Å². The van der Waals surface area contributed by atoms with Crippen molar-refractivity contribution >= 4 is 5.97 Å². The second kappa shape index (κ2) is 6.35. The summed E-state index contributed by atoms with van der Waals surface area (Å²) in [4.78, 5) is 11.9. The predicted molar refractivity (Wildman–Crippen MR) is 78.0 cm³/mol. The van der Waals surface area contributed by atoms with E-state index in [1.54, 1.807) is 27.4 Å². The van der Waals surface area contributed by atoms with Gasteiger partial charge in [-0.1, -0.05) is 18.9 Å². The molecule has 1 aromatic carbocycles. The van der Waals surface area contributed by atoms with Crippen LogP contribution in [0.2, 0.25) is 0 Å². The zero-order valence-electron chi connectivity index (χ0n) is 12.8. The van der Waals surface area contributed by atoms with E-state index in [2.05, 4.69) is 0 Å². The predicted octanol–water partition coefficient (Wildman–Crippen LogP) is 2.75. The molecule has 0 spiro atoms. The van der Waals surface area contributed by atoms with E-state index in [4.69, 9.17) is 14.2 Å². The summed E-state index contributed by atoms with van der Waals surface area (Å²) in [5.41, 5.74) is 0.712. The van der Waals surface area contributed by atoms with Crippen LogP contribution in [0.4, 0.5) is 0 Å². The van der Waals surface area contributed by atoms with Gasteiger partial charge in [0.2, 0.25) is 0 Å². The molecule has 0 radical (unpaired) electrons. The van der Waals surface area contributed by atoms with Crippen LogP contribution in [0.1, 0.15) is 36.8 Å². The lowest BCUT2D eigenvalue weighted by atomic mass is 9.76. The van der Waals surface area contributed by atoms with Crippen molar-refractivity contribution in [3.05, 3.63) is 23.3 Å². The number of methoxy groups -OCH3 is 3. The molecule has 0 amide bonds. The van der Waals surface area contributed by atoms with E-state index in [0.717, 1.165) is 24.0 Å². The normalized spacial score (nSPS) is 16.7. The van der Waals surface area contributed by atoms with Gasteiger partial charge in [-0.25, -0.2) is 0 Å². The Morgan fingerprint density at radius 1 is 1.19 bits per heavy atom. The molecule has 0 saturated heterocycles. The molecule has 0 unspecified atom stereocenters. The summed E-state index contributed by atoms with van der Waals surface area (Å²) < 4.78 is 16.0. The number of aliphatic carboxylic acids is 1. The van der Waals surface area contributed by atoms with Crippen molar-refractivity contribution in [2.24, 2.45) is 0 Å². The number of rotatable bonds is 6. The van der Waals surface area contributed by atoms with Gasteiger partial charge in [0.1, 0.15) is 0 Å². The van der Waals surface area contributed by atoms with Gasteiger partial charge in [0.25, 0.3) is 0 Å². The molecule has 0 heterocycles. The molecule has 1 fully saturated rings. The zero-order chi connectivity index (χ0) is 15.5. The van der Waals surface area contributed by atoms with Gasteiger partial charge in [-0.2, -0.15) is 0 Å². The molecule has 2 rings (SSSR count). The molecule has 116 valence electrons. The maximum absolute atomic E-state index is 11.9. The second-order valence-electron chi connectivity index (χ2n) is 5.35. The maximum atomic E-state index is 11.9. The molecule has 5 heteroatoms. The van der Waals surface area contributed by atoms with Crippen LogP contribution < -0.4 is 9.47 Å². The average Bonchev–Trinajstić information content (AvgIpc) is 2.97. The van der Waals surface area contributed by atoms with Gasteiger partial charge in [-0.05, 0) is 24.5 Å². The number of carboxylic acids is 1. The Labute approximate surface area is 124 Å². The van der Waals surface area contributed by atoms with Crippen molar-refractivity contribution in [1.82, 2.24) is 0 Å². The van der Waals surface area contributed by atoms with Gasteiger partial charge in [-0.15, -0.1) is 0 Å². The summed E-state index contributed by atoms with van der Waals surface area (Å²) in [7, 11) is 4.71. The molecule has 1 N–H and O–H groups in total. The Morgan fingerprint density at radius 3 is 2.33 bits per heavy atom. The standard InChI is InChI=1S/C16H22O5/c1-19-10-11-12(6-7-13(20-2)14(11)21-3)16(15(17)18)8-4-5-9-16/h6-7H,4-5,8-10H2,1-3H3,(H,17,18). The third-order valence-corrected chi connectivity index (χ3v) is 4.32. The summed E-state index contributed by atoms with van der Waals surface area (Å²) in [6.07, 6.45) is 3.14. The summed E-state index contributed by atoms with van der Waals surface area (Å²) in [5, 5.41) is 9.79. The molecular weight excluding hydrogens is 272 g/mol. The van der Waals surface area contributed by atoms with Crippen LogP contribution in [-0.4, -0.2) is 32.4 Å². The third-order valence-electron chi connectivity index (χ3n) is 4.32. The molecule has 21 heavy (non-hydrogen) atoms. The summed E-state index contributed by atoms with van der Waals surface area (Å²) in [5.74, 6) is 0.376. The molecule has 1 aromatic rings. The first-order valence-electron chi connectivity index (χ1n) is 7.07. The second-order valence-corrected chi connectivity index (χ2v) is 5.35. The van der Waals surface area contributed by atoms with Crippen LogP contribution in [0.25, 0.3) is 0 Å². The van der Waals surface area contributed by atoms with E-state index in [9.17, 15) is 9.90 Å². The Kier molecular flexibility index (Phi) is 4.73. The van der Waals surface area contributed by atoms with Crippen LogP contribution >= 0.6 is 0 Å². The quantitative estimate of drug-likeness (QED) is 0.874. The molecular formula is C16H22O5. The van der Waals surface area contributed by atoms with E-state index in [1.807, 2.05) is 6.07 Å². The van der Waals surface area contributed by atoms with Crippen molar-refractivity contribution in [1.29, 1.82) is 0 Å². The van der Waals surface area contributed by atoms with Gasteiger partial charge < -0.3 is 19.3 Å². The van der Waals surface area contributed by atoms with Crippen molar-refractivity contribution in [2.75, 3.05) is 21.3 Å². The highest BCUT2D eigenvalue weighted by Crippen LogP contribution is 2.46. The fourth-order valence-electron chi connectivity index (χ4n) is 3.30. The molecule has 1 aliphatic carbocycles. The zero-order valence-corrected chi connectivity index (χ0v) is 12.8. The Bertz CT molecular complexity index is 518. The number of carbonyl (C=O) groups is 1. The fraction of sp³-hybridized carbons (Fsp3) is 0.562. The lowest BCUT2D eigenvalue weighted by Gasteiger charge is -2.28. The minimum atomic E-state index is -0.840. The summed E-state index contributed by atoms with van der Waals surface area (Å²) in [6.45, 7) is 0.296. The highest BCUT2D eigenvalue weighted by molar-refractivity contribution is 5.83. The van der Waals surface area contributed by atoms with Crippen LogP contribution in [0, 0.1) is 0 Å². The molecule has 1 aliphatic rings. The first kappa shape index (κ1) is 15.6. The minimum absolute atomic E-state index is 0.296. The van der Waals surface area contributed by atoms with Crippen LogP contribution in [0.3, 0.4) is 0 Å². The minimum Gasteiger partial charge on any atom is -0.493 e. The molecule has 0 atom stereocenters. The SMILES string of the molecule is COCc1c(C2(C(=O)O)CCCC2)ccc(OC)c1OC. The largest absolute Gasteiger partial charge is 0.493 e. The van der Waals surface area contributed by atoms with E-state index in [0.29, 0.717) is 30.9 Å². The van der Waals surface area contributed by atoms with Crippen LogP contribution in [0.5, 0.6) is 11.5 Å². The number of carboxylic acid groups (broad SMARTS) is 1. The highest BCUT2D eigenvalue weighted by atomic mass is 16.5. The van der Waals surface area contributed by atoms with Crippen molar-refractivity contribution in [3.8, 4) is 11.5 Å². The van der Waals surface area contributed by atoms with Crippen molar-refractivity contribution < 1.29 is 24.1 Å². The maximum Gasteiger partial charge on any atom is 0.314 e. The number of benzene rings is 1. The molecule has 0 bridgehead atoms. The fourth-order valence-corrected chi connectivity index (χ4v) is 3.30. The number of ether oxygens (including phenoxy) is 3. The Morgan fingerprint density at radius 2 is 1.86 bits per heavy atom. The molecule has 0 aromatic heterocycles.